The summed E-state index contributed by atoms with van der Waals surface area (Å²) in [6.45, 7) is 11.4. The van der Waals surface area contributed by atoms with Gasteiger partial charge in [0, 0.05) is 12.6 Å². The van der Waals surface area contributed by atoms with Crippen molar-refractivity contribution in [3.8, 4) is 5.88 Å². The Labute approximate surface area is 116 Å². The van der Waals surface area contributed by atoms with Crippen LogP contribution in [0, 0.1) is 0 Å². The molecule has 0 aromatic carbocycles. The summed E-state index contributed by atoms with van der Waals surface area (Å²) >= 11 is 0. The van der Waals surface area contributed by atoms with E-state index >= 15 is 0 Å². The van der Waals surface area contributed by atoms with Crippen molar-refractivity contribution in [2.45, 2.75) is 33.6 Å². The van der Waals surface area contributed by atoms with Crippen LogP contribution in [0.1, 0.15) is 33.6 Å². The fraction of sp³-hybridized carbons (Fsp3) is 0.714. The van der Waals surface area contributed by atoms with E-state index in [-0.39, 0.29) is 0 Å². The van der Waals surface area contributed by atoms with Crippen LogP contribution >= 0.6 is 0 Å². The van der Waals surface area contributed by atoms with Crippen LogP contribution in [0.5, 0.6) is 5.88 Å². The first kappa shape index (κ1) is 15.7. The summed E-state index contributed by atoms with van der Waals surface area (Å²) < 4.78 is 5.34. The first-order chi connectivity index (χ1) is 9.30. The molecule has 0 fully saturated rings. The van der Waals surface area contributed by atoms with Crippen molar-refractivity contribution in [3.05, 3.63) is 12.4 Å². The summed E-state index contributed by atoms with van der Waals surface area (Å²) in [5.41, 5.74) is 0. The van der Waals surface area contributed by atoms with Gasteiger partial charge in [-0.15, -0.1) is 0 Å². The van der Waals surface area contributed by atoms with Gasteiger partial charge in [0.05, 0.1) is 6.61 Å². The fourth-order valence-corrected chi connectivity index (χ4v) is 1.88. The van der Waals surface area contributed by atoms with Gasteiger partial charge in [-0.1, -0.05) is 13.8 Å². The Morgan fingerprint density at radius 1 is 1.16 bits per heavy atom. The van der Waals surface area contributed by atoms with E-state index in [4.69, 9.17) is 4.74 Å². The summed E-state index contributed by atoms with van der Waals surface area (Å²) in [5.74, 6) is 1.46. The highest BCUT2D eigenvalue weighted by molar-refractivity contribution is 5.36. The van der Waals surface area contributed by atoms with E-state index < -0.39 is 0 Å². The van der Waals surface area contributed by atoms with Crippen molar-refractivity contribution in [1.82, 2.24) is 14.9 Å². The summed E-state index contributed by atoms with van der Waals surface area (Å²) in [5, 5.41) is 3.30. The molecule has 1 N–H and O–H groups in total. The second kappa shape index (κ2) is 9.55. The quantitative estimate of drug-likeness (QED) is 0.659. The van der Waals surface area contributed by atoms with Crippen LogP contribution in [0.4, 0.5) is 5.82 Å². The molecule has 1 heterocycles. The second-order valence-corrected chi connectivity index (χ2v) is 4.34. The molecule has 0 saturated carbocycles. The zero-order valence-electron chi connectivity index (χ0n) is 12.4. The normalized spacial score (nSPS) is 10.7. The number of nitrogens with zero attached hydrogens (tertiary/aromatic N) is 3. The van der Waals surface area contributed by atoms with Crippen molar-refractivity contribution in [2.75, 3.05) is 38.1 Å². The average Bonchev–Trinajstić information content (AvgIpc) is 2.44. The molecule has 0 unspecified atom stereocenters. The van der Waals surface area contributed by atoms with Gasteiger partial charge in [0.25, 0.3) is 0 Å². The molecular weight excluding hydrogens is 240 g/mol. The molecule has 0 radical (unpaired) electrons. The molecule has 0 saturated heterocycles. The monoisotopic (exact) mass is 266 g/mol. The van der Waals surface area contributed by atoms with Crippen LogP contribution in [-0.2, 0) is 0 Å². The maximum Gasteiger partial charge on any atom is 0.218 e. The van der Waals surface area contributed by atoms with E-state index in [9.17, 15) is 0 Å². The van der Waals surface area contributed by atoms with E-state index in [1.54, 1.807) is 0 Å². The van der Waals surface area contributed by atoms with Gasteiger partial charge in [0.15, 0.2) is 0 Å². The molecule has 108 valence electrons. The molecule has 0 spiro atoms. The lowest BCUT2D eigenvalue weighted by atomic mass is 10.3. The molecule has 5 nitrogen and oxygen atoms in total. The van der Waals surface area contributed by atoms with E-state index in [0.717, 1.165) is 31.9 Å². The van der Waals surface area contributed by atoms with Crippen LogP contribution in [-0.4, -0.2) is 47.7 Å². The molecule has 0 atom stereocenters. The number of hydrogen-bond donors (Lipinski definition) is 1. The minimum atomic E-state index is 0.625. The molecule has 1 aromatic heterocycles. The Kier molecular flexibility index (Phi) is 7.89. The summed E-state index contributed by atoms with van der Waals surface area (Å²) in [4.78, 5) is 10.7. The van der Waals surface area contributed by atoms with Gasteiger partial charge in [-0.25, -0.2) is 9.97 Å². The van der Waals surface area contributed by atoms with Crippen LogP contribution < -0.4 is 10.1 Å². The first-order valence-corrected chi connectivity index (χ1v) is 7.21. The van der Waals surface area contributed by atoms with Gasteiger partial charge in [-0.3, -0.25) is 0 Å². The Hall–Kier alpha value is -1.36. The predicted octanol–water partition coefficient (Wildman–Crippen LogP) is 2.41. The Balaban J connectivity index is 2.20. The Bertz CT molecular complexity index is 342. The topological polar surface area (TPSA) is 50.3 Å². The number of rotatable bonds is 10. The standard InChI is InChI=1S/C14H26N4O/c1-4-18(5-2)10-8-7-9-15-13-11-14(19-6-3)17-12-16-13/h11-12H,4-10H2,1-3H3,(H,15,16,17). The number of unbranched alkanes of at least 4 members (excludes halogenated alkanes) is 1. The van der Waals surface area contributed by atoms with Gasteiger partial charge in [0.2, 0.25) is 5.88 Å². The molecule has 19 heavy (non-hydrogen) atoms. The molecule has 1 aromatic rings. The Morgan fingerprint density at radius 2 is 1.95 bits per heavy atom. The van der Waals surface area contributed by atoms with Crippen molar-refractivity contribution in [2.24, 2.45) is 0 Å². The van der Waals surface area contributed by atoms with E-state index in [0.29, 0.717) is 12.5 Å². The molecular formula is C14H26N4O. The summed E-state index contributed by atoms with van der Waals surface area (Å²) in [7, 11) is 0. The maximum absolute atomic E-state index is 5.34. The highest BCUT2D eigenvalue weighted by Gasteiger charge is 2.00. The van der Waals surface area contributed by atoms with Crippen molar-refractivity contribution in [1.29, 1.82) is 0 Å². The number of anilines is 1. The number of nitrogens with one attached hydrogen (secondary N) is 1. The van der Waals surface area contributed by atoms with E-state index in [1.807, 2.05) is 13.0 Å². The van der Waals surface area contributed by atoms with Gasteiger partial charge < -0.3 is 15.0 Å². The van der Waals surface area contributed by atoms with Crippen molar-refractivity contribution >= 4 is 5.82 Å². The van der Waals surface area contributed by atoms with Crippen molar-refractivity contribution < 1.29 is 4.74 Å². The van der Waals surface area contributed by atoms with Gasteiger partial charge >= 0.3 is 0 Å². The molecule has 0 bridgehead atoms. The molecule has 0 amide bonds. The zero-order valence-corrected chi connectivity index (χ0v) is 12.4. The average molecular weight is 266 g/mol. The SMILES string of the molecule is CCOc1cc(NCCCCN(CC)CC)ncn1. The zero-order chi connectivity index (χ0) is 13.9. The first-order valence-electron chi connectivity index (χ1n) is 7.21. The van der Waals surface area contributed by atoms with Crippen molar-refractivity contribution in [3.63, 3.8) is 0 Å². The number of ether oxygens (including phenoxy) is 1. The molecule has 5 heteroatoms. The molecule has 1 rings (SSSR count). The summed E-state index contributed by atoms with van der Waals surface area (Å²) in [6, 6.07) is 1.84. The maximum atomic E-state index is 5.34. The lowest BCUT2D eigenvalue weighted by Gasteiger charge is -2.17. The lowest BCUT2D eigenvalue weighted by molar-refractivity contribution is 0.298. The third kappa shape index (κ3) is 6.38. The summed E-state index contributed by atoms with van der Waals surface area (Å²) in [6.07, 6.45) is 3.88. The predicted molar refractivity (Wildman–Crippen MR) is 78.7 cm³/mol. The number of hydrogen-bond acceptors (Lipinski definition) is 5. The molecule has 0 aliphatic carbocycles. The number of aromatic nitrogens is 2. The van der Waals surface area contributed by atoms with Crippen LogP contribution in [0.2, 0.25) is 0 Å². The highest BCUT2D eigenvalue weighted by Crippen LogP contribution is 2.10. The van der Waals surface area contributed by atoms with E-state index in [1.165, 1.54) is 19.3 Å². The van der Waals surface area contributed by atoms with Crippen LogP contribution in [0.25, 0.3) is 0 Å². The highest BCUT2D eigenvalue weighted by atomic mass is 16.5. The molecule has 0 aliphatic rings. The molecule has 0 aliphatic heterocycles. The van der Waals surface area contributed by atoms with Crippen LogP contribution in [0.15, 0.2) is 12.4 Å². The van der Waals surface area contributed by atoms with E-state index in [2.05, 4.69) is 34.0 Å². The lowest BCUT2D eigenvalue weighted by Crippen LogP contribution is -2.24. The third-order valence-corrected chi connectivity index (χ3v) is 3.04. The van der Waals surface area contributed by atoms with Gasteiger partial charge in [0.1, 0.15) is 12.1 Å². The minimum absolute atomic E-state index is 0.625. The smallest absolute Gasteiger partial charge is 0.218 e. The Morgan fingerprint density at radius 3 is 2.63 bits per heavy atom. The second-order valence-electron chi connectivity index (χ2n) is 4.34. The third-order valence-electron chi connectivity index (χ3n) is 3.04. The van der Waals surface area contributed by atoms with Gasteiger partial charge in [-0.2, -0.15) is 0 Å². The largest absolute Gasteiger partial charge is 0.478 e. The van der Waals surface area contributed by atoms with Crippen LogP contribution in [0.3, 0.4) is 0 Å². The van der Waals surface area contributed by atoms with Gasteiger partial charge in [-0.05, 0) is 39.4 Å². The minimum Gasteiger partial charge on any atom is -0.478 e. The fourth-order valence-electron chi connectivity index (χ4n) is 1.88.